The van der Waals surface area contributed by atoms with Crippen LogP contribution in [0.5, 0.6) is 0 Å². The van der Waals surface area contributed by atoms with Crippen LogP contribution in [0.1, 0.15) is 39.3 Å². The van der Waals surface area contributed by atoms with Crippen LogP contribution in [0.15, 0.2) is 35.2 Å². The van der Waals surface area contributed by atoms with Crippen LogP contribution in [-0.2, 0) is 16.8 Å². The second-order valence-corrected chi connectivity index (χ2v) is 6.66. The first-order valence-corrected chi connectivity index (χ1v) is 7.96. The highest BCUT2D eigenvalue weighted by Gasteiger charge is 2.18. The molecule has 0 aromatic carbocycles. The second kappa shape index (κ2) is 7.78. The number of rotatable bonds is 5. The number of carbonyl (C=O) groups is 2. The Morgan fingerprint density at radius 1 is 1.24 bits per heavy atom. The van der Waals surface area contributed by atoms with Crippen molar-refractivity contribution in [2.75, 3.05) is 5.32 Å². The lowest BCUT2D eigenvalue weighted by molar-refractivity contribution is -0.122. The van der Waals surface area contributed by atoms with E-state index in [-0.39, 0.29) is 17.9 Å². The van der Waals surface area contributed by atoms with Crippen molar-refractivity contribution in [3.8, 4) is 0 Å². The van der Waals surface area contributed by atoms with Crippen LogP contribution in [-0.4, -0.2) is 27.9 Å². The third kappa shape index (κ3) is 5.59. The lowest BCUT2D eigenvalue weighted by Crippen LogP contribution is -2.46. The highest BCUT2D eigenvalue weighted by atomic mass is 16.3. The number of furan rings is 1. The van der Waals surface area contributed by atoms with E-state index in [0.717, 1.165) is 0 Å². The molecule has 0 spiro atoms. The molecule has 8 nitrogen and oxygen atoms in total. The molecule has 0 bridgehead atoms. The van der Waals surface area contributed by atoms with Gasteiger partial charge in [0.15, 0.2) is 0 Å². The van der Waals surface area contributed by atoms with Gasteiger partial charge in [-0.2, -0.15) is 0 Å². The molecule has 0 saturated heterocycles. The summed E-state index contributed by atoms with van der Waals surface area (Å²) in [5.74, 6) is 1.01. The molecule has 0 fully saturated rings. The fourth-order valence-electron chi connectivity index (χ4n) is 1.95. The normalized spacial score (nSPS) is 12.3. The SMILES string of the molecule is C[C@H](NC(=O)Nc1cnc(C(C)(C)C)nc1)C(=O)NCc1ccco1. The fraction of sp³-hybridized carbons (Fsp3) is 0.412. The number of nitrogens with one attached hydrogen (secondary N) is 3. The molecule has 0 aliphatic heterocycles. The highest BCUT2D eigenvalue weighted by Crippen LogP contribution is 2.18. The van der Waals surface area contributed by atoms with Gasteiger partial charge in [-0.1, -0.05) is 20.8 Å². The van der Waals surface area contributed by atoms with Gasteiger partial charge >= 0.3 is 6.03 Å². The average molecular weight is 345 g/mol. The van der Waals surface area contributed by atoms with Gasteiger partial charge in [-0.05, 0) is 19.1 Å². The van der Waals surface area contributed by atoms with E-state index in [0.29, 0.717) is 17.3 Å². The Morgan fingerprint density at radius 2 is 1.92 bits per heavy atom. The zero-order chi connectivity index (χ0) is 18.4. The van der Waals surface area contributed by atoms with Gasteiger partial charge < -0.3 is 20.4 Å². The number of urea groups is 1. The third-order valence-corrected chi connectivity index (χ3v) is 3.34. The average Bonchev–Trinajstić information content (AvgIpc) is 3.05. The number of nitrogens with zero attached hydrogens (tertiary/aromatic N) is 2. The minimum Gasteiger partial charge on any atom is -0.467 e. The number of aromatic nitrogens is 2. The molecule has 2 heterocycles. The first-order valence-electron chi connectivity index (χ1n) is 7.96. The van der Waals surface area contributed by atoms with Crippen molar-refractivity contribution in [2.45, 2.75) is 45.7 Å². The largest absolute Gasteiger partial charge is 0.467 e. The summed E-state index contributed by atoms with van der Waals surface area (Å²) < 4.78 is 5.13. The lowest BCUT2D eigenvalue weighted by atomic mass is 9.96. The van der Waals surface area contributed by atoms with Crippen molar-refractivity contribution >= 4 is 17.6 Å². The van der Waals surface area contributed by atoms with Gasteiger partial charge in [0.05, 0.1) is 30.9 Å². The van der Waals surface area contributed by atoms with Crippen molar-refractivity contribution < 1.29 is 14.0 Å². The molecule has 2 aromatic rings. The molecule has 2 aromatic heterocycles. The van der Waals surface area contributed by atoms with Crippen molar-refractivity contribution in [1.29, 1.82) is 0 Å². The van der Waals surface area contributed by atoms with Gasteiger partial charge in [0.1, 0.15) is 17.6 Å². The van der Waals surface area contributed by atoms with Gasteiger partial charge in [-0.15, -0.1) is 0 Å². The summed E-state index contributed by atoms with van der Waals surface area (Å²) in [6, 6.07) is 2.29. The van der Waals surface area contributed by atoms with E-state index < -0.39 is 12.1 Å². The molecule has 2 rings (SSSR count). The molecule has 134 valence electrons. The summed E-state index contributed by atoms with van der Waals surface area (Å²) in [7, 11) is 0. The molecule has 0 aliphatic carbocycles. The molecular formula is C17H23N5O3. The molecule has 0 aliphatic rings. The van der Waals surface area contributed by atoms with E-state index in [2.05, 4.69) is 25.9 Å². The smallest absolute Gasteiger partial charge is 0.319 e. The summed E-state index contributed by atoms with van der Waals surface area (Å²) in [6.45, 7) is 7.87. The van der Waals surface area contributed by atoms with Gasteiger partial charge in [0.25, 0.3) is 0 Å². The van der Waals surface area contributed by atoms with E-state index in [1.165, 1.54) is 18.7 Å². The van der Waals surface area contributed by atoms with Crippen molar-refractivity contribution in [2.24, 2.45) is 0 Å². The summed E-state index contributed by atoms with van der Waals surface area (Å²) >= 11 is 0. The minimum absolute atomic E-state index is 0.165. The summed E-state index contributed by atoms with van der Waals surface area (Å²) in [6.07, 6.45) is 4.60. The van der Waals surface area contributed by atoms with Crippen LogP contribution in [0, 0.1) is 0 Å². The molecule has 0 radical (unpaired) electrons. The zero-order valence-electron chi connectivity index (χ0n) is 14.8. The molecule has 3 N–H and O–H groups in total. The third-order valence-electron chi connectivity index (χ3n) is 3.34. The van der Waals surface area contributed by atoms with Crippen LogP contribution in [0.4, 0.5) is 10.5 Å². The van der Waals surface area contributed by atoms with E-state index in [4.69, 9.17) is 4.42 Å². The maximum Gasteiger partial charge on any atom is 0.319 e. The van der Waals surface area contributed by atoms with Gasteiger partial charge in [-0.25, -0.2) is 14.8 Å². The Labute approximate surface area is 146 Å². The predicted octanol–water partition coefficient (Wildman–Crippen LogP) is 2.19. The molecule has 0 unspecified atom stereocenters. The van der Waals surface area contributed by atoms with Crippen LogP contribution in [0.2, 0.25) is 0 Å². The van der Waals surface area contributed by atoms with Crippen molar-refractivity contribution in [3.63, 3.8) is 0 Å². The van der Waals surface area contributed by atoms with Crippen LogP contribution < -0.4 is 16.0 Å². The number of carbonyl (C=O) groups excluding carboxylic acids is 2. The first kappa shape index (κ1) is 18.4. The van der Waals surface area contributed by atoms with Gasteiger partial charge in [-0.3, -0.25) is 4.79 Å². The van der Waals surface area contributed by atoms with E-state index >= 15 is 0 Å². The molecule has 3 amide bonds. The quantitative estimate of drug-likeness (QED) is 0.769. The Balaban J connectivity index is 1.81. The topological polar surface area (TPSA) is 109 Å². The molecule has 25 heavy (non-hydrogen) atoms. The lowest BCUT2D eigenvalue weighted by Gasteiger charge is -2.17. The first-order chi connectivity index (χ1) is 11.8. The summed E-state index contributed by atoms with van der Waals surface area (Å²) in [5.41, 5.74) is 0.287. The van der Waals surface area contributed by atoms with E-state index in [1.807, 2.05) is 20.8 Å². The van der Waals surface area contributed by atoms with Crippen LogP contribution in [0.3, 0.4) is 0 Å². The zero-order valence-corrected chi connectivity index (χ0v) is 14.8. The van der Waals surface area contributed by atoms with Crippen LogP contribution in [0.25, 0.3) is 0 Å². The monoisotopic (exact) mass is 345 g/mol. The second-order valence-electron chi connectivity index (χ2n) is 6.66. The van der Waals surface area contributed by atoms with Crippen molar-refractivity contribution in [3.05, 3.63) is 42.4 Å². The maximum atomic E-state index is 12.0. The summed E-state index contributed by atoms with van der Waals surface area (Å²) in [5, 5.41) is 7.84. The summed E-state index contributed by atoms with van der Waals surface area (Å²) in [4.78, 5) is 32.4. The van der Waals surface area contributed by atoms with E-state index in [9.17, 15) is 9.59 Å². The standard InChI is InChI=1S/C17H23N5O3/c1-11(14(23)18-10-13-6-5-7-25-13)21-16(24)22-12-8-19-15(20-9-12)17(2,3)4/h5-9,11H,10H2,1-4H3,(H,18,23)(H2,21,22,24)/t11-/m0/s1. The predicted molar refractivity (Wildman–Crippen MR) is 92.9 cm³/mol. The highest BCUT2D eigenvalue weighted by molar-refractivity contribution is 5.93. The number of hydrogen-bond donors (Lipinski definition) is 3. The van der Waals surface area contributed by atoms with E-state index in [1.54, 1.807) is 19.1 Å². The fourth-order valence-corrected chi connectivity index (χ4v) is 1.95. The van der Waals surface area contributed by atoms with Crippen LogP contribution >= 0.6 is 0 Å². The molecular weight excluding hydrogens is 322 g/mol. The Kier molecular flexibility index (Phi) is 5.74. The Morgan fingerprint density at radius 3 is 2.48 bits per heavy atom. The maximum absolute atomic E-state index is 12.0. The van der Waals surface area contributed by atoms with Crippen molar-refractivity contribution in [1.82, 2.24) is 20.6 Å². The Hall–Kier alpha value is -2.90. The van der Waals surface area contributed by atoms with Gasteiger partial charge in [0.2, 0.25) is 5.91 Å². The molecule has 0 saturated carbocycles. The number of anilines is 1. The minimum atomic E-state index is -0.704. The Bertz CT molecular complexity index is 705. The molecule has 1 atom stereocenters. The van der Waals surface area contributed by atoms with Gasteiger partial charge in [0, 0.05) is 5.41 Å². The molecule has 8 heteroatoms. The number of hydrogen-bond acceptors (Lipinski definition) is 5. The number of amides is 3.